The Morgan fingerprint density at radius 2 is 2.00 bits per heavy atom. The van der Waals surface area contributed by atoms with Gasteiger partial charge < -0.3 is 5.32 Å². The zero-order valence-electron chi connectivity index (χ0n) is 11.0. The van der Waals surface area contributed by atoms with E-state index in [0.717, 1.165) is 17.1 Å². The molecule has 6 heteroatoms. The molecule has 1 N–H and O–H groups in total. The van der Waals surface area contributed by atoms with Crippen LogP contribution < -0.4 is 5.32 Å². The Morgan fingerprint density at radius 1 is 1.15 bits per heavy atom. The molecule has 2 heterocycles. The van der Waals surface area contributed by atoms with Crippen LogP contribution in [0.1, 0.15) is 18.7 Å². The fourth-order valence-electron chi connectivity index (χ4n) is 1.95. The van der Waals surface area contributed by atoms with Crippen LogP contribution in [0.3, 0.4) is 0 Å². The minimum Gasteiger partial charge on any atom is -0.377 e. The average Bonchev–Trinajstić information content (AvgIpc) is 3.03. The molecule has 0 aliphatic heterocycles. The normalized spacial score (nSPS) is 12.1. The van der Waals surface area contributed by atoms with Crippen molar-refractivity contribution in [2.45, 2.75) is 13.0 Å². The molecule has 0 radical (unpaired) electrons. The van der Waals surface area contributed by atoms with Gasteiger partial charge in [0.1, 0.15) is 12.7 Å². The molecule has 100 valence electrons. The monoisotopic (exact) mass is 266 g/mol. The third kappa shape index (κ3) is 2.64. The maximum absolute atomic E-state index is 4.30. The molecular weight excluding hydrogens is 252 g/mol. The van der Waals surface area contributed by atoms with E-state index in [9.17, 15) is 0 Å². The lowest BCUT2D eigenvalue weighted by atomic mass is 10.2. The van der Waals surface area contributed by atoms with E-state index >= 15 is 0 Å². The van der Waals surface area contributed by atoms with Crippen molar-refractivity contribution in [1.29, 1.82) is 0 Å². The Morgan fingerprint density at radius 3 is 2.75 bits per heavy atom. The molecule has 6 nitrogen and oxygen atoms in total. The van der Waals surface area contributed by atoms with Crippen molar-refractivity contribution in [3.63, 3.8) is 0 Å². The van der Waals surface area contributed by atoms with E-state index in [1.54, 1.807) is 31.2 Å². The molecule has 1 aromatic carbocycles. The highest BCUT2D eigenvalue weighted by molar-refractivity contribution is 5.51. The summed E-state index contributed by atoms with van der Waals surface area (Å²) >= 11 is 0. The average molecular weight is 266 g/mol. The minimum atomic E-state index is 0.0832. The summed E-state index contributed by atoms with van der Waals surface area (Å²) in [6, 6.07) is 8.12. The summed E-state index contributed by atoms with van der Waals surface area (Å²) in [7, 11) is 0. The smallest absolute Gasteiger partial charge is 0.123 e. The fraction of sp³-hybridized carbons (Fsp3) is 0.143. The molecule has 0 saturated heterocycles. The highest BCUT2D eigenvalue weighted by atomic mass is 15.2. The van der Waals surface area contributed by atoms with Gasteiger partial charge in [0, 0.05) is 18.1 Å². The highest BCUT2D eigenvalue weighted by Crippen LogP contribution is 2.19. The van der Waals surface area contributed by atoms with Gasteiger partial charge in [-0.3, -0.25) is 14.5 Å². The zero-order chi connectivity index (χ0) is 13.8. The van der Waals surface area contributed by atoms with Crippen LogP contribution in [0.2, 0.25) is 0 Å². The minimum absolute atomic E-state index is 0.0832. The number of hydrogen-bond acceptors (Lipinski definition) is 5. The summed E-state index contributed by atoms with van der Waals surface area (Å²) in [4.78, 5) is 8.38. The van der Waals surface area contributed by atoms with E-state index in [-0.39, 0.29) is 6.04 Å². The second kappa shape index (κ2) is 5.48. The summed E-state index contributed by atoms with van der Waals surface area (Å²) in [6.07, 6.45) is 8.47. The Hall–Kier alpha value is -2.76. The number of hydrogen-bond donors (Lipinski definition) is 1. The lowest BCUT2D eigenvalue weighted by Crippen LogP contribution is -2.08. The first-order chi connectivity index (χ1) is 9.83. The van der Waals surface area contributed by atoms with E-state index in [4.69, 9.17) is 0 Å². The summed E-state index contributed by atoms with van der Waals surface area (Å²) in [5.74, 6) is 0. The molecule has 0 aliphatic carbocycles. The van der Waals surface area contributed by atoms with E-state index < -0.39 is 0 Å². The molecule has 2 aromatic heterocycles. The third-order valence-corrected chi connectivity index (χ3v) is 2.97. The van der Waals surface area contributed by atoms with Crippen LogP contribution in [0.25, 0.3) is 5.69 Å². The molecule has 0 spiro atoms. The van der Waals surface area contributed by atoms with Crippen LogP contribution in [0.5, 0.6) is 0 Å². The van der Waals surface area contributed by atoms with E-state index in [2.05, 4.69) is 32.4 Å². The van der Waals surface area contributed by atoms with Crippen LogP contribution in [0.4, 0.5) is 5.69 Å². The predicted octanol–water partition coefficient (Wildman–Crippen LogP) is 2.23. The number of benzene rings is 1. The standard InChI is InChI=1S/C14H14N6/c1-11(14-8-15-5-6-16-14)19-12-3-2-4-13(7-12)20-9-17-18-10-20/h2-11,19H,1H3. The molecule has 3 rings (SSSR count). The predicted molar refractivity (Wildman–Crippen MR) is 75.4 cm³/mol. The molecular formula is C14H14N6. The van der Waals surface area contributed by atoms with Gasteiger partial charge in [0.05, 0.1) is 23.6 Å². The van der Waals surface area contributed by atoms with Crippen LogP contribution >= 0.6 is 0 Å². The van der Waals surface area contributed by atoms with Gasteiger partial charge in [0.15, 0.2) is 0 Å². The zero-order valence-corrected chi connectivity index (χ0v) is 11.0. The SMILES string of the molecule is CC(Nc1cccc(-n2cnnc2)c1)c1cnccn1. The number of aromatic nitrogens is 5. The van der Waals surface area contributed by atoms with Crippen molar-refractivity contribution in [3.05, 3.63) is 61.2 Å². The molecule has 1 atom stereocenters. The molecule has 0 aliphatic rings. The molecule has 3 aromatic rings. The maximum atomic E-state index is 4.30. The number of nitrogens with zero attached hydrogens (tertiary/aromatic N) is 5. The fourth-order valence-corrected chi connectivity index (χ4v) is 1.95. The Bertz CT molecular complexity index is 665. The van der Waals surface area contributed by atoms with Gasteiger partial charge in [-0.1, -0.05) is 6.07 Å². The van der Waals surface area contributed by atoms with Crippen LogP contribution in [0, 0.1) is 0 Å². The van der Waals surface area contributed by atoms with E-state index in [0.29, 0.717) is 0 Å². The second-order valence-corrected chi connectivity index (χ2v) is 4.42. The maximum Gasteiger partial charge on any atom is 0.123 e. The first-order valence-electron chi connectivity index (χ1n) is 6.30. The Balaban J connectivity index is 1.80. The Kier molecular flexibility index (Phi) is 3.36. The lowest BCUT2D eigenvalue weighted by Gasteiger charge is -2.15. The Labute approximate surface area is 116 Å². The van der Waals surface area contributed by atoms with Crippen molar-refractivity contribution in [3.8, 4) is 5.69 Å². The van der Waals surface area contributed by atoms with Crippen molar-refractivity contribution >= 4 is 5.69 Å². The van der Waals surface area contributed by atoms with Gasteiger partial charge >= 0.3 is 0 Å². The summed E-state index contributed by atoms with van der Waals surface area (Å²) in [5, 5.41) is 11.0. The van der Waals surface area contributed by atoms with Crippen molar-refractivity contribution in [2.24, 2.45) is 0 Å². The number of rotatable bonds is 4. The second-order valence-electron chi connectivity index (χ2n) is 4.42. The van der Waals surface area contributed by atoms with Gasteiger partial charge in [-0.25, -0.2) is 0 Å². The van der Waals surface area contributed by atoms with Crippen molar-refractivity contribution < 1.29 is 0 Å². The largest absolute Gasteiger partial charge is 0.377 e. The summed E-state index contributed by atoms with van der Waals surface area (Å²) < 4.78 is 1.86. The van der Waals surface area contributed by atoms with Crippen LogP contribution in [0.15, 0.2) is 55.5 Å². The van der Waals surface area contributed by atoms with E-state index in [1.807, 2.05) is 28.8 Å². The van der Waals surface area contributed by atoms with Gasteiger partial charge in [0.2, 0.25) is 0 Å². The topological polar surface area (TPSA) is 68.5 Å². The molecule has 0 bridgehead atoms. The molecule has 0 saturated carbocycles. The van der Waals surface area contributed by atoms with Crippen LogP contribution in [-0.4, -0.2) is 24.7 Å². The molecule has 0 amide bonds. The number of anilines is 1. The molecule has 1 unspecified atom stereocenters. The lowest BCUT2D eigenvalue weighted by molar-refractivity contribution is 0.827. The summed E-state index contributed by atoms with van der Waals surface area (Å²) in [6.45, 7) is 2.05. The van der Waals surface area contributed by atoms with E-state index in [1.165, 1.54) is 0 Å². The number of nitrogens with one attached hydrogen (secondary N) is 1. The molecule has 20 heavy (non-hydrogen) atoms. The van der Waals surface area contributed by atoms with Crippen LogP contribution in [-0.2, 0) is 0 Å². The van der Waals surface area contributed by atoms with Gasteiger partial charge in [-0.15, -0.1) is 10.2 Å². The highest BCUT2D eigenvalue weighted by Gasteiger charge is 2.07. The van der Waals surface area contributed by atoms with Gasteiger partial charge in [0.25, 0.3) is 0 Å². The first kappa shape index (κ1) is 12.3. The molecule has 0 fully saturated rings. The quantitative estimate of drug-likeness (QED) is 0.784. The van der Waals surface area contributed by atoms with Gasteiger partial charge in [-0.05, 0) is 25.1 Å². The summed E-state index contributed by atoms with van der Waals surface area (Å²) in [5.41, 5.74) is 2.92. The third-order valence-electron chi connectivity index (χ3n) is 2.97. The van der Waals surface area contributed by atoms with Gasteiger partial charge in [-0.2, -0.15) is 0 Å². The first-order valence-corrected chi connectivity index (χ1v) is 6.30. The van der Waals surface area contributed by atoms with Crippen molar-refractivity contribution in [1.82, 2.24) is 24.7 Å². The van der Waals surface area contributed by atoms with Crippen molar-refractivity contribution in [2.75, 3.05) is 5.32 Å².